The second-order valence-electron chi connectivity index (χ2n) is 6.62. The van der Waals surface area contributed by atoms with Gasteiger partial charge in [0.25, 0.3) is 5.91 Å². The molecule has 0 saturated carbocycles. The number of amides is 1. The number of rotatable bonds is 8. The van der Waals surface area contributed by atoms with Crippen molar-refractivity contribution in [3.8, 4) is 0 Å². The number of Topliss-reactive ketones (excluding diaryl/α,β-unsaturated/α-hetero) is 1. The van der Waals surface area contributed by atoms with Gasteiger partial charge >= 0.3 is 5.97 Å². The molecule has 5 heteroatoms. The summed E-state index contributed by atoms with van der Waals surface area (Å²) in [6.07, 6.45) is 3.33. The van der Waals surface area contributed by atoms with Gasteiger partial charge in [-0.15, -0.1) is 0 Å². The van der Waals surface area contributed by atoms with E-state index in [0.29, 0.717) is 18.0 Å². The Hall–Kier alpha value is -2.17. The predicted molar refractivity (Wildman–Crippen MR) is 90.8 cm³/mol. The molecule has 0 fully saturated rings. The largest absolute Gasteiger partial charge is 0.456 e. The van der Waals surface area contributed by atoms with Crippen molar-refractivity contribution in [1.82, 2.24) is 5.32 Å². The van der Waals surface area contributed by atoms with Gasteiger partial charge in [0, 0.05) is 18.5 Å². The summed E-state index contributed by atoms with van der Waals surface area (Å²) >= 11 is 0. The van der Waals surface area contributed by atoms with Gasteiger partial charge < -0.3 is 10.1 Å². The van der Waals surface area contributed by atoms with Crippen LogP contribution in [0.25, 0.3) is 0 Å². The molecule has 1 N–H and O–H groups in total. The highest BCUT2D eigenvalue weighted by atomic mass is 16.5. The zero-order valence-corrected chi connectivity index (χ0v) is 14.4. The van der Waals surface area contributed by atoms with Crippen LogP contribution in [0, 0.1) is 5.92 Å². The second-order valence-corrected chi connectivity index (χ2v) is 6.62. The van der Waals surface area contributed by atoms with Crippen molar-refractivity contribution in [3.05, 3.63) is 34.9 Å². The number of carbonyl (C=O) groups is 3. The third-order valence-electron chi connectivity index (χ3n) is 4.05. The Labute approximate surface area is 142 Å². The fourth-order valence-electron chi connectivity index (χ4n) is 2.69. The number of ether oxygens (including phenoxy) is 1. The number of aryl methyl sites for hydroxylation is 2. The van der Waals surface area contributed by atoms with Crippen LogP contribution in [0.3, 0.4) is 0 Å². The molecule has 5 nitrogen and oxygen atoms in total. The van der Waals surface area contributed by atoms with Crippen LogP contribution in [0.4, 0.5) is 0 Å². The van der Waals surface area contributed by atoms with Gasteiger partial charge in [-0.2, -0.15) is 0 Å². The van der Waals surface area contributed by atoms with E-state index in [1.165, 1.54) is 11.1 Å². The SMILES string of the molecule is CC(C)CNC(=O)COC(=O)CCC(=O)c1ccc2c(c1)CCC2. The maximum absolute atomic E-state index is 12.2. The Morgan fingerprint density at radius 1 is 1.12 bits per heavy atom. The molecular formula is C19H25NO4. The van der Waals surface area contributed by atoms with Crippen LogP contribution < -0.4 is 5.32 Å². The minimum atomic E-state index is -0.524. The summed E-state index contributed by atoms with van der Waals surface area (Å²) in [4.78, 5) is 35.3. The molecule has 0 radical (unpaired) electrons. The van der Waals surface area contributed by atoms with E-state index < -0.39 is 5.97 Å². The summed E-state index contributed by atoms with van der Waals surface area (Å²) in [5.74, 6) is -0.563. The van der Waals surface area contributed by atoms with Crippen molar-refractivity contribution in [2.45, 2.75) is 46.0 Å². The first-order chi connectivity index (χ1) is 11.5. The van der Waals surface area contributed by atoms with Crippen molar-refractivity contribution in [2.24, 2.45) is 5.92 Å². The van der Waals surface area contributed by atoms with Gasteiger partial charge in [0.05, 0.1) is 6.42 Å². The highest BCUT2D eigenvalue weighted by molar-refractivity contribution is 5.97. The number of ketones is 1. The van der Waals surface area contributed by atoms with Crippen molar-refractivity contribution < 1.29 is 19.1 Å². The molecule has 0 spiro atoms. The number of nitrogens with one attached hydrogen (secondary N) is 1. The minimum absolute atomic E-state index is 0.00657. The van der Waals surface area contributed by atoms with Gasteiger partial charge in [0.2, 0.25) is 0 Å². The lowest BCUT2D eigenvalue weighted by Crippen LogP contribution is -2.31. The lowest BCUT2D eigenvalue weighted by atomic mass is 10.0. The molecule has 0 aliphatic heterocycles. The van der Waals surface area contributed by atoms with Crippen LogP contribution in [-0.2, 0) is 27.2 Å². The minimum Gasteiger partial charge on any atom is -0.456 e. The summed E-state index contributed by atoms with van der Waals surface area (Å²) in [5.41, 5.74) is 3.21. The fraction of sp³-hybridized carbons (Fsp3) is 0.526. The predicted octanol–water partition coefficient (Wildman–Crippen LogP) is 2.45. The first kappa shape index (κ1) is 18.2. The van der Waals surface area contributed by atoms with Crippen LogP contribution in [0.2, 0.25) is 0 Å². The van der Waals surface area contributed by atoms with Crippen molar-refractivity contribution in [2.75, 3.05) is 13.2 Å². The van der Waals surface area contributed by atoms with Crippen molar-refractivity contribution in [3.63, 3.8) is 0 Å². The Morgan fingerprint density at radius 3 is 2.62 bits per heavy atom. The van der Waals surface area contributed by atoms with Gasteiger partial charge in [-0.3, -0.25) is 14.4 Å². The number of esters is 1. The van der Waals surface area contributed by atoms with Crippen LogP contribution in [0.5, 0.6) is 0 Å². The van der Waals surface area contributed by atoms with Gasteiger partial charge in [-0.1, -0.05) is 26.0 Å². The van der Waals surface area contributed by atoms with E-state index in [1.807, 2.05) is 32.0 Å². The number of carbonyl (C=O) groups excluding carboxylic acids is 3. The summed E-state index contributed by atoms with van der Waals surface area (Å²) < 4.78 is 4.89. The molecule has 1 aliphatic rings. The summed E-state index contributed by atoms with van der Waals surface area (Å²) in [5, 5.41) is 2.67. The third kappa shape index (κ3) is 5.48. The first-order valence-corrected chi connectivity index (χ1v) is 8.53. The molecule has 0 heterocycles. The Bertz CT molecular complexity index is 622. The quantitative estimate of drug-likeness (QED) is 0.587. The molecular weight excluding hydrogens is 306 g/mol. The second kappa shape index (κ2) is 8.62. The van der Waals surface area contributed by atoms with E-state index in [0.717, 1.165) is 19.3 Å². The highest BCUT2D eigenvalue weighted by Crippen LogP contribution is 2.23. The number of hydrogen-bond donors (Lipinski definition) is 1. The lowest BCUT2D eigenvalue weighted by Gasteiger charge is -2.08. The molecule has 0 unspecified atom stereocenters. The molecule has 0 atom stereocenters. The monoisotopic (exact) mass is 331 g/mol. The van der Waals surface area contributed by atoms with E-state index in [-0.39, 0.29) is 31.1 Å². The smallest absolute Gasteiger partial charge is 0.306 e. The summed E-state index contributed by atoms with van der Waals surface area (Å²) in [7, 11) is 0. The van der Waals surface area contributed by atoms with Gasteiger partial charge in [-0.25, -0.2) is 0 Å². The maximum atomic E-state index is 12.2. The Morgan fingerprint density at radius 2 is 1.88 bits per heavy atom. The third-order valence-corrected chi connectivity index (χ3v) is 4.05. The average molecular weight is 331 g/mol. The van der Waals surface area contributed by atoms with Crippen LogP contribution in [0.1, 0.15) is 54.6 Å². The molecule has 1 aromatic carbocycles. The molecule has 0 bridgehead atoms. The van der Waals surface area contributed by atoms with E-state index in [2.05, 4.69) is 5.32 Å². The average Bonchev–Trinajstić information content (AvgIpc) is 3.03. The van der Waals surface area contributed by atoms with E-state index >= 15 is 0 Å². The van der Waals surface area contributed by atoms with Crippen LogP contribution in [0.15, 0.2) is 18.2 Å². The molecule has 0 saturated heterocycles. The van der Waals surface area contributed by atoms with Crippen LogP contribution in [-0.4, -0.2) is 30.8 Å². The molecule has 24 heavy (non-hydrogen) atoms. The van der Waals surface area contributed by atoms with Crippen molar-refractivity contribution in [1.29, 1.82) is 0 Å². The molecule has 130 valence electrons. The van der Waals surface area contributed by atoms with Gasteiger partial charge in [0.15, 0.2) is 12.4 Å². The molecule has 1 aromatic rings. The zero-order chi connectivity index (χ0) is 17.5. The fourth-order valence-corrected chi connectivity index (χ4v) is 2.69. The number of hydrogen-bond acceptors (Lipinski definition) is 4. The number of fused-ring (bicyclic) bond motifs is 1. The van der Waals surface area contributed by atoms with Crippen molar-refractivity contribution >= 4 is 17.7 Å². The molecule has 1 aliphatic carbocycles. The standard InChI is InChI=1S/C19H25NO4/c1-13(2)11-20-18(22)12-24-19(23)9-8-17(21)16-7-6-14-4-3-5-15(14)10-16/h6-7,10,13H,3-5,8-9,11-12H2,1-2H3,(H,20,22). The Kier molecular flexibility index (Phi) is 6.53. The van der Waals surface area contributed by atoms with Crippen LogP contribution >= 0.6 is 0 Å². The van der Waals surface area contributed by atoms with Gasteiger partial charge in [-0.05, 0) is 42.4 Å². The summed E-state index contributed by atoms with van der Waals surface area (Å²) in [6, 6.07) is 5.78. The van der Waals surface area contributed by atoms with E-state index in [1.54, 1.807) is 0 Å². The topological polar surface area (TPSA) is 72.5 Å². The van der Waals surface area contributed by atoms with Gasteiger partial charge in [0.1, 0.15) is 0 Å². The molecule has 2 rings (SSSR count). The summed E-state index contributed by atoms with van der Waals surface area (Å²) in [6.45, 7) is 4.22. The molecule has 0 aromatic heterocycles. The van der Waals surface area contributed by atoms with E-state index in [9.17, 15) is 14.4 Å². The highest BCUT2D eigenvalue weighted by Gasteiger charge is 2.15. The molecule has 1 amide bonds. The lowest BCUT2D eigenvalue weighted by molar-refractivity contribution is -0.148. The normalized spacial score (nSPS) is 12.8. The maximum Gasteiger partial charge on any atom is 0.306 e. The number of benzene rings is 1. The zero-order valence-electron chi connectivity index (χ0n) is 14.4. The van der Waals surface area contributed by atoms with E-state index in [4.69, 9.17) is 4.74 Å². The Balaban J connectivity index is 1.71. The first-order valence-electron chi connectivity index (χ1n) is 8.53.